The van der Waals surface area contributed by atoms with E-state index >= 15 is 0 Å². The van der Waals surface area contributed by atoms with Crippen molar-refractivity contribution in [1.82, 2.24) is 24.2 Å². The van der Waals surface area contributed by atoms with Gasteiger partial charge in [0.15, 0.2) is 0 Å². The third kappa shape index (κ3) is 4.05. The highest BCUT2D eigenvalue weighted by Gasteiger charge is 2.43. The Kier molecular flexibility index (Phi) is 5.66. The second kappa shape index (κ2) is 8.98. The molecule has 178 valence electrons. The van der Waals surface area contributed by atoms with Crippen LogP contribution in [0.25, 0.3) is 17.0 Å². The average Bonchev–Trinajstić information content (AvgIpc) is 3.38. The third-order valence-electron chi connectivity index (χ3n) is 7.20. The molecule has 2 amide bonds. The summed E-state index contributed by atoms with van der Waals surface area (Å²) in [5.41, 5.74) is 3.98. The predicted molar refractivity (Wildman–Crippen MR) is 138 cm³/mol. The molecular formula is C27H27ClN6O. The van der Waals surface area contributed by atoms with E-state index in [0.29, 0.717) is 10.8 Å². The van der Waals surface area contributed by atoms with Crippen LogP contribution in [0.15, 0.2) is 73.1 Å². The Morgan fingerprint density at radius 2 is 1.74 bits per heavy atom. The van der Waals surface area contributed by atoms with Gasteiger partial charge in [-0.15, -0.1) is 0 Å². The number of carbonyl (C=O) groups excluding carboxylic acids is 1. The Hall–Kier alpha value is -3.42. The average molecular weight is 487 g/mol. The summed E-state index contributed by atoms with van der Waals surface area (Å²) >= 11 is 6.13. The molecule has 2 aromatic carbocycles. The number of aromatic nitrogens is 3. The summed E-state index contributed by atoms with van der Waals surface area (Å²) in [7, 11) is 1.87. The Morgan fingerprint density at radius 1 is 1.03 bits per heavy atom. The lowest BCUT2D eigenvalue weighted by Gasteiger charge is -2.42. The van der Waals surface area contributed by atoms with Crippen LogP contribution in [0.1, 0.15) is 18.5 Å². The molecule has 0 radical (unpaired) electrons. The third-order valence-corrected chi connectivity index (χ3v) is 7.45. The number of rotatable bonds is 4. The molecule has 2 bridgehead atoms. The standard InChI is InChI=1S/C27H27ClN6O/c1-31(21-6-3-2-4-7-21)27(35)34-22-12-13-23(34)17-32(16-22)18-24-25(19-8-10-20(28)11-9-19)30-26-29-14-5-15-33(24)26/h2-11,14-15,22-23H,12-13,16-18H2,1H3. The van der Waals surface area contributed by atoms with E-state index in [0.717, 1.165) is 55.1 Å². The summed E-state index contributed by atoms with van der Waals surface area (Å²) in [4.78, 5) is 29.1. The van der Waals surface area contributed by atoms with Gasteiger partial charge in [0.25, 0.3) is 0 Å². The van der Waals surface area contributed by atoms with Gasteiger partial charge < -0.3 is 4.90 Å². The van der Waals surface area contributed by atoms with Crippen LogP contribution in [0.2, 0.25) is 5.02 Å². The molecule has 0 saturated carbocycles. The van der Waals surface area contributed by atoms with Crippen molar-refractivity contribution in [2.75, 3.05) is 25.0 Å². The number of likely N-dealkylation sites (tertiary alicyclic amines) is 1. The van der Waals surface area contributed by atoms with E-state index in [-0.39, 0.29) is 18.1 Å². The van der Waals surface area contributed by atoms with E-state index in [9.17, 15) is 4.79 Å². The van der Waals surface area contributed by atoms with Gasteiger partial charge in [0.05, 0.1) is 11.4 Å². The number of para-hydroxylation sites is 1. The highest BCUT2D eigenvalue weighted by atomic mass is 35.5. The molecule has 4 aromatic rings. The fraction of sp³-hybridized carbons (Fsp3) is 0.296. The molecule has 2 saturated heterocycles. The van der Waals surface area contributed by atoms with Crippen LogP contribution in [0.4, 0.5) is 10.5 Å². The number of urea groups is 1. The van der Waals surface area contributed by atoms with Crippen LogP contribution in [-0.2, 0) is 6.54 Å². The summed E-state index contributed by atoms with van der Waals surface area (Å²) in [6, 6.07) is 20.1. The second-order valence-electron chi connectivity index (χ2n) is 9.37. The normalized spacial score (nSPS) is 19.9. The SMILES string of the molecule is CN(C(=O)N1C2CCC1CN(Cc1c(-c3ccc(Cl)cc3)nc3ncccn13)C2)c1ccccc1. The number of imidazole rings is 1. The van der Waals surface area contributed by atoms with Gasteiger partial charge in [-0.1, -0.05) is 41.9 Å². The summed E-state index contributed by atoms with van der Waals surface area (Å²) in [5.74, 6) is 0.689. The van der Waals surface area contributed by atoms with Crippen molar-refractivity contribution in [3.63, 3.8) is 0 Å². The Morgan fingerprint density at radius 3 is 2.46 bits per heavy atom. The highest BCUT2D eigenvalue weighted by molar-refractivity contribution is 6.30. The second-order valence-corrected chi connectivity index (χ2v) is 9.80. The lowest BCUT2D eigenvalue weighted by atomic mass is 10.1. The van der Waals surface area contributed by atoms with Crippen molar-refractivity contribution in [1.29, 1.82) is 0 Å². The largest absolute Gasteiger partial charge is 0.324 e. The van der Waals surface area contributed by atoms with Crippen molar-refractivity contribution >= 4 is 29.1 Å². The van der Waals surface area contributed by atoms with E-state index < -0.39 is 0 Å². The molecule has 2 aliphatic rings. The molecule has 6 rings (SSSR count). The molecule has 2 aromatic heterocycles. The van der Waals surface area contributed by atoms with Gasteiger partial charge in [-0.05, 0) is 43.2 Å². The summed E-state index contributed by atoms with van der Waals surface area (Å²) in [6.45, 7) is 2.44. The first-order valence-corrected chi connectivity index (χ1v) is 12.4. The zero-order valence-corrected chi connectivity index (χ0v) is 20.3. The fourth-order valence-corrected chi connectivity index (χ4v) is 5.63. The predicted octanol–water partition coefficient (Wildman–Crippen LogP) is 4.95. The zero-order valence-electron chi connectivity index (χ0n) is 19.6. The maximum atomic E-state index is 13.4. The Labute approximate surface area is 209 Å². The number of hydrogen-bond acceptors (Lipinski definition) is 4. The molecular weight excluding hydrogens is 460 g/mol. The van der Waals surface area contributed by atoms with Crippen LogP contribution >= 0.6 is 11.6 Å². The molecule has 8 heteroatoms. The summed E-state index contributed by atoms with van der Waals surface area (Å²) in [6.07, 6.45) is 5.86. The summed E-state index contributed by atoms with van der Waals surface area (Å²) < 4.78 is 2.08. The minimum atomic E-state index is 0.0872. The smallest absolute Gasteiger partial charge is 0.316 e. The van der Waals surface area contributed by atoms with E-state index in [4.69, 9.17) is 16.6 Å². The van der Waals surface area contributed by atoms with E-state index in [2.05, 4.69) is 19.2 Å². The number of piperazine rings is 1. The molecule has 2 unspecified atom stereocenters. The number of amides is 2. The number of nitrogens with zero attached hydrogens (tertiary/aromatic N) is 6. The van der Waals surface area contributed by atoms with Gasteiger partial charge in [0.2, 0.25) is 5.78 Å². The summed E-state index contributed by atoms with van der Waals surface area (Å²) in [5, 5.41) is 0.704. The molecule has 7 nitrogen and oxygen atoms in total. The highest BCUT2D eigenvalue weighted by Crippen LogP contribution is 2.34. The Balaban J connectivity index is 1.25. The van der Waals surface area contributed by atoms with E-state index in [1.807, 2.05) is 73.9 Å². The number of fused-ring (bicyclic) bond motifs is 3. The van der Waals surface area contributed by atoms with Crippen molar-refractivity contribution < 1.29 is 4.79 Å². The van der Waals surface area contributed by atoms with Gasteiger partial charge in [0, 0.05) is 67.4 Å². The molecule has 0 spiro atoms. The molecule has 2 atom stereocenters. The zero-order chi connectivity index (χ0) is 23.9. The lowest BCUT2D eigenvalue weighted by Crippen LogP contribution is -2.58. The van der Waals surface area contributed by atoms with Crippen LogP contribution in [0, 0.1) is 0 Å². The van der Waals surface area contributed by atoms with Crippen molar-refractivity contribution in [2.24, 2.45) is 0 Å². The van der Waals surface area contributed by atoms with Gasteiger partial charge in [-0.25, -0.2) is 14.8 Å². The van der Waals surface area contributed by atoms with Crippen LogP contribution < -0.4 is 4.90 Å². The maximum absolute atomic E-state index is 13.4. The number of anilines is 1. The first kappa shape index (κ1) is 22.1. The van der Waals surface area contributed by atoms with Crippen molar-refractivity contribution in [3.8, 4) is 11.3 Å². The van der Waals surface area contributed by atoms with Gasteiger partial charge in [0.1, 0.15) is 0 Å². The molecule has 0 N–H and O–H groups in total. The van der Waals surface area contributed by atoms with Crippen molar-refractivity contribution in [3.05, 3.63) is 83.8 Å². The molecule has 4 heterocycles. The van der Waals surface area contributed by atoms with Gasteiger partial charge in [-0.3, -0.25) is 14.2 Å². The molecule has 2 aliphatic heterocycles. The number of benzene rings is 2. The van der Waals surface area contributed by atoms with Gasteiger partial charge in [-0.2, -0.15) is 0 Å². The topological polar surface area (TPSA) is 57.0 Å². The number of halogens is 1. The first-order chi connectivity index (χ1) is 17.1. The van der Waals surface area contributed by atoms with Gasteiger partial charge >= 0.3 is 6.03 Å². The molecule has 0 aliphatic carbocycles. The van der Waals surface area contributed by atoms with E-state index in [1.54, 1.807) is 11.1 Å². The fourth-order valence-electron chi connectivity index (χ4n) is 5.50. The molecule has 2 fully saturated rings. The van der Waals surface area contributed by atoms with Crippen molar-refractivity contribution in [2.45, 2.75) is 31.5 Å². The van der Waals surface area contributed by atoms with Crippen LogP contribution in [-0.4, -0.2) is 62.4 Å². The minimum Gasteiger partial charge on any atom is -0.316 e. The first-order valence-electron chi connectivity index (χ1n) is 12.0. The number of hydrogen-bond donors (Lipinski definition) is 0. The monoisotopic (exact) mass is 486 g/mol. The number of carbonyl (C=O) groups is 1. The van der Waals surface area contributed by atoms with Crippen LogP contribution in [0.5, 0.6) is 0 Å². The quantitative estimate of drug-likeness (QED) is 0.409. The van der Waals surface area contributed by atoms with E-state index in [1.165, 1.54) is 0 Å². The Bertz CT molecular complexity index is 1340. The maximum Gasteiger partial charge on any atom is 0.324 e. The minimum absolute atomic E-state index is 0.0872. The lowest BCUT2D eigenvalue weighted by molar-refractivity contribution is 0.0869. The van der Waals surface area contributed by atoms with Crippen LogP contribution in [0.3, 0.4) is 0 Å². The molecule has 35 heavy (non-hydrogen) atoms.